The van der Waals surface area contributed by atoms with E-state index in [0.717, 1.165) is 18.7 Å². The molecule has 0 radical (unpaired) electrons. The normalized spacial score (nSPS) is 32.5. The van der Waals surface area contributed by atoms with Gasteiger partial charge in [-0.2, -0.15) is 5.53 Å². The Morgan fingerprint density at radius 1 is 1.23 bits per heavy atom. The van der Waals surface area contributed by atoms with Gasteiger partial charge in [-0.05, 0) is 6.42 Å². The molecular formula is C8H15N5. The first-order chi connectivity index (χ1) is 6.35. The van der Waals surface area contributed by atoms with Gasteiger partial charge in [0.05, 0.1) is 6.04 Å². The fourth-order valence-corrected chi connectivity index (χ4v) is 1.62. The van der Waals surface area contributed by atoms with Gasteiger partial charge >= 0.3 is 0 Å². The van der Waals surface area contributed by atoms with E-state index in [2.05, 4.69) is 40.2 Å². The third kappa shape index (κ3) is 1.50. The Hall–Kier alpha value is -0.780. The lowest BCUT2D eigenvalue weighted by molar-refractivity contribution is 0.552. The average Bonchev–Trinajstić information content (AvgIpc) is 2.63. The zero-order valence-corrected chi connectivity index (χ0v) is 7.96. The third-order valence-corrected chi connectivity index (χ3v) is 2.36. The van der Waals surface area contributed by atoms with Crippen molar-refractivity contribution in [2.24, 2.45) is 9.98 Å². The fourth-order valence-electron chi connectivity index (χ4n) is 1.62. The number of amidine groups is 1. The molecule has 0 aromatic carbocycles. The molecule has 2 aliphatic rings. The Bertz CT molecular complexity index is 257. The van der Waals surface area contributed by atoms with Crippen LogP contribution in [0.15, 0.2) is 9.98 Å². The average molecular weight is 181 g/mol. The van der Waals surface area contributed by atoms with E-state index in [1.165, 1.54) is 5.71 Å². The Labute approximate surface area is 77.7 Å². The zero-order chi connectivity index (χ0) is 9.26. The van der Waals surface area contributed by atoms with Crippen LogP contribution in [0.25, 0.3) is 0 Å². The summed E-state index contributed by atoms with van der Waals surface area (Å²) in [6.45, 7) is 4.19. The van der Waals surface area contributed by atoms with Crippen LogP contribution in [0.4, 0.5) is 0 Å². The van der Waals surface area contributed by atoms with Gasteiger partial charge in [0.15, 0.2) is 0 Å². The van der Waals surface area contributed by atoms with Crippen LogP contribution in [-0.4, -0.2) is 23.8 Å². The van der Waals surface area contributed by atoms with Gasteiger partial charge in [-0.3, -0.25) is 0 Å². The Morgan fingerprint density at radius 3 is 2.77 bits per heavy atom. The van der Waals surface area contributed by atoms with Crippen molar-refractivity contribution in [3.63, 3.8) is 0 Å². The van der Waals surface area contributed by atoms with Gasteiger partial charge in [-0.15, -0.1) is 0 Å². The zero-order valence-electron chi connectivity index (χ0n) is 7.96. The number of hydrogen-bond acceptors (Lipinski definition) is 5. The molecule has 2 rings (SSSR count). The van der Waals surface area contributed by atoms with Crippen LogP contribution in [0.2, 0.25) is 0 Å². The maximum Gasteiger partial charge on any atom is 0.137 e. The summed E-state index contributed by atoms with van der Waals surface area (Å²) >= 11 is 0. The third-order valence-electron chi connectivity index (χ3n) is 2.36. The highest BCUT2D eigenvalue weighted by atomic mass is 15.7. The molecule has 1 saturated heterocycles. The van der Waals surface area contributed by atoms with Crippen LogP contribution in [0.1, 0.15) is 26.7 Å². The van der Waals surface area contributed by atoms with E-state index < -0.39 is 0 Å². The second-order valence-corrected chi connectivity index (χ2v) is 3.19. The summed E-state index contributed by atoms with van der Waals surface area (Å²) in [6, 6.07) is 0.222. The van der Waals surface area contributed by atoms with Gasteiger partial charge in [0, 0.05) is 12.1 Å². The molecule has 2 atom stereocenters. The monoisotopic (exact) mass is 181 g/mol. The molecule has 5 heteroatoms. The predicted molar refractivity (Wildman–Crippen MR) is 52.4 cm³/mol. The lowest BCUT2D eigenvalue weighted by atomic mass is 10.1. The molecule has 5 nitrogen and oxygen atoms in total. The summed E-state index contributed by atoms with van der Waals surface area (Å²) in [5.41, 5.74) is 10.2. The maximum absolute atomic E-state index is 4.49. The molecule has 72 valence electrons. The molecule has 0 aliphatic carbocycles. The van der Waals surface area contributed by atoms with Crippen molar-refractivity contribution in [3.8, 4) is 0 Å². The molecule has 0 spiro atoms. The van der Waals surface area contributed by atoms with Crippen molar-refractivity contribution in [2.45, 2.75) is 38.9 Å². The molecule has 0 amide bonds. The van der Waals surface area contributed by atoms with E-state index in [-0.39, 0.29) is 12.2 Å². The highest BCUT2D eigenvalue weighted by Crippen LogP contribution is 2.12. The number of hydrogen-bond donors (Lipinski definition) is 3. The van der Waals surface area contributed by atoms with E-state index in [9.17, 15) is 0 Å². The van der Waals surface area contributed by atoms with Crippen molar-refractivity contribution >= 4 is 11.5 Å². The van der Waals surface area contributed by atoms with Gasteiger partial charge in [0.2, 0.25) is 0 Å². The number of nitrogens with zero attached hydrogens (tertiary/aromatic N) is 2. The van der Waals surface area contributed by atoms with Gasteiger partial charge in [-0.25, -0.2) is 20.8 Å². The maximum atomic E-state index is 4.49. The largest absolute Gasteiger partial charge is 0.248 e. The van der Waals surface area contributed by atoms with Gasteiger partial charge in [0.1, 0.15) is 12.0 Å². The van der Waals surface area contributed by atoms with Crippen LogP contribution >= 0.6 is 0 Å². The van der Waals surface area contributed by atoms with Crippen molar-refractivity contribution in [1.29, 1.82) is 0 Å². The van der Waals surface area contributed by atoms with Gasteiger partial charge in [-0.1, -0.05) is 13.8 Å². The number of nitrogens with one attached hydrogen (secondary N) is 3. The van der Waals surface area contributed by atoms with Crippen molar-refractivity contribution in [3.05, 3.63) is 0 Å². The molecule has 3 N–H and O–H groups in total. The lowest BCUT2D eigenvalue weighted by Crippen LogP contribution is -2.42. The fraction of sp³-hybridized carbons (Fsp3) is 0.750. The van der Waals surface area contributed by atoms with E-state index in [4.69, 9.17) is 0 Å². The van der Waals surface area contributed by atoms with Crippen LogP contribution in [-0.2, 0) is 0 Å². The topological polar surface area (TPSA) is 60.8 Å². The minimum Gasteiger partial charge on any atom is -0.248 e. The van der Waals surface area contributed by atoms with Gasteiger partial charge in [0.25, 0.3) is 0 Å². The molecular weight excluding hydrogens is 166 g/mol. The quantitative estimate of drug-likeness (QED) is 0.560. The van der Waals surface area contributed by atoms with Gasteiger partial charge < -0.3 is 0 Å². The van der Waals surface area contributed by atoms with Crippen molar-refractivity contribution in [1.82, 2.24) is 16.4 Å². The Kier molecular flexibility index (Phi) is 2.39. The number of aliphatic imine (C=N–C) groups is 2. The van der Waals surface area contributed by atoms with Crippen molar-refractivity contribution < 1.29 is 0 Å². The number of fused-ring (bicyclic) bond motifs is 1. The Balaban J connectivity index is 2.24. The van der Waals surface area contributed by atoms with Crippen LogP contribution < -0.4 is 16.4 Å². The molecule has 0 saturated carbocycles. The molecule has 2 unspecified atom stereocenters. The highest BCUT2D eigenvalue weighted by Gasteiger charge is 2.32. The standard InChI is InChI=1S/C8H15N5/c1-3-5-7-8(12-13-11-7)10-6(4-2)9-5/h7-8,11-13H,3-4H2,1-2H3. The second-order valence-electron chi connectivity index (χ2n) is 3.19. The van der Waals surface area contributed by atoms with E-state index in [1.54, 1.807) is 0 Å². The molecule has 13 heavy (non-hydrogen) atoms. The minimum absolute atomic E-state index is 0.113. The van der Waals surface area contributed by atoms with Crippen LogP contribution in [0.5, 0.6) is 0 Å². The summed E-state index contributed by atoms with van der Waals surface area (Å²) < 4.78 is 0. The second kappa shape index (κ2) is 3.53. The first-order valence-electron chi connectivity index (χ1n) is 4.75. The number of hydrazine groups is 2. The SMILES string of the molecule is CCC1=NC2NNNC2C(CC)=N1. The number of rotatable bonds is 2. The van der Waals surface area contributed by atoms with Crippen LogP contribution in [0.3, 0.4) is 0 Å². The van der Waals surface area contributed by atoms with E-state index >= 15 is 0 Å². The molecule has 0 aromatic rings. The summed E-state index contributed by atoms with van der Waals surface area (Å²) in [5, 5.41) is 0. The smallest absolute Gasteiger partial charge is 0.137 e. The molecule has 1 fully saturated rings. The van der Waals surface area contributed by atoms with Crippen LogP contribution in [0, 0.1) is 0 Å². The first kappa shape index (κ1) is 8.80. The summed E-state index contributed by atoms with van der Waals surface area (Å²) in [7, 11) is 0. The molecule has 2 heterocycles. The molecule has 2 aliphatic heterocycles. The summed E-state index contributed by atoms with van der Waals surface area (Å²) in [6.07, 6.45) is 1.98. The van der Waals surface area contributed by atoms with Crippen molar-refractivity contribution in [2.75, 3.05) is 0 Å². The highest BCUT2D eigenvalue weighted by molar-refractivity contribution is 6.03. The summed E-state index contributed by atoms with van der Waals surface area (Å²) in [5.74, 6) is 0.941. The Morgan fingerprint density at radius 2 is 2.08 bits per heavy atom. The van der Waals surface area contributed by atoms with E-state index in [0.29, 0.717) is 0 Å². The predicted octanol–water partition coefficient (Wildman–Crippen LogP) is -0.0334. The van der Waals surface area contributed by atoms with E-state index in [1.807, 2.05) is 0 Å². The lowest BCUT2D eigenvalue weighted by Gasteiger charge is -2.21. The molecule has 0 aromatic heterocycles. The summed E-state index contributed by atoms with van der Waals surface area (Å²) in [4.78, 5) is 8.94. The molecule has 0 bridgehead atoms. The first-order valence-corrected chi connectivity index (χ1v) is 4.75. The minimum atomic E-state index is 0.113.